The van der Waals surface area contributed by atoms with Crippen molar-refractivity contribution in [3.05, 3.63) is 58.5 Å². The molecule has 160 valence electrons. The first-order valence-electron chi connectivity index (χ1n) is 10.9. The molecule has 0 saturated carbocycles. The number of nitrogens with one attached hydrogen (secondary N) is 1. The topological polar surface area (TPSA) is 92.6 Å². The fraction of sp³-hybridized carbons (Fsp3) is 0.435. The second-order valence-electron chi connectivity index (χ2n) is 8.72. The smallest absolute Gasteiger partial charge is 0.262 e. The van der Waals surface area contributed by atoms with E-state index in [1.165, 1.54) is 5.56 Å². The van der Waals surface area contributed by atoms with Crippen LogP contribution in [-0.4, -0.2) is 47.7 Å². The third-order valence-electron chi connectivity index (χ3n) is 6.30. The lowest BCUT2D eigenvalue weighted by Crippen LogP contribution is -2.21. The van der Waals surface area contributed by atoms with Gasteiger partial charge in [-0.05, 0) is 37.5 Å². The average molecular weight is 418 g/mol. The molecule has 1 aromatic carbocycles. The van der Waals surface area contributed by atoms with Crippen LogP contribution in [-0.2, 0) is 6.54 Å². The summed E-state index contributed by atoms with van der Waals surface area (Å²) in [7, 11) is 0. The van der Waals surface area contributed by atoms with Crippen LogP contribution >= 0.6 is 0 Å². The predicted octanol–water partition coefficient (Wildman–Crippen LogP) is 3.27. The summed E-state index contributed by atoms with van der Waals surface area (Å²) < 4.78 is 1.83. The summed E-state index contributed by atoms with van der Waals surface area (Å²) in [5.74, 6) is 1.41. The number of hydrogen-bond acceptors (Lipinski definition) is 6. The van der Waals surface area contributed by atoms with Crippen molar-refractivity contribution < 1.29 is 0 Å². The number of nitrogens with zero attached hydrogens (tertiary/aromatic N) is 6. The second-order valence-corrected chi connectivity index (χ2v) is 8.72. The van der Waals surface area contributed by atoms with Gasteiger partial charge in [-0.25, -0.2) is 9.67 Å². The minimum Gasteiger partial charge on any atom is -0.310 e. The number of rotatable bonds is 5. The highest BCUT2D eigenvalue weighted by molar-refractivity contribution is 5.74. The molecule has 8 heteroatoms. The number of aromatic amines is 1. The maximum absolute atomic E-state index is 12.7. The molecule has 0 bridgehead atoms. The number of likely N-dealkylation sites (tertiary alicyclic amines) is 1. The molecule has 0 amide bonds. The van der Waals surface area contributed by atoms with Crippen molar-refractivity contribution >= 4 is 22.1 Å². The van der Waals surface area contributed by atoms with E-state index in [1.807, 2.05) is 10.7 Å². The van der Waals surface area contributed by atoms with Crippen LogP contribution in [0.4, 0.5) is 0 Å². The van der Waals surface area contributed by atoms with E-state index >= 15 is 0 Å². The molecular weight excluding hydrogens is 390 g/mol. The van der Waals surface area contributed by atoms with E-state index in [0.717, 1.165) is 42.9 Å². The Bertz CT molecular complexity index is 1290. The minimum absolute atomic E-state index is 0.103. The average Bonchev–Trinajstić information content (AvgIpc) is 3.38. The summed E-state index contributed by atoms with van der Waals surface area (Å²) in [6, 6.07) is 6.42. The Morgan fingerprint density at radius 3 is 2.74 bits per heavy atom. The Morgan fingerprint density at radius 2 is 1.97 bits per heavy atom. The first-order valence-corrected chi connectivity index (χ1v) is 10.9. The van der Waals surface area contributed by atoms with E-state index < -0.39 is 0 Å². The lowest BCUT2D eigenvalue weighted by atomic mass is 9.93. The van der Waals surface area contributed by atoms with E-state index in [-0.39, 0.29) is 17.5 Å². The molecule has 0 unspecified atom stereocenters. The molecule has 1 N–H and O–H groups in total. The van der Waals surface area contributed by atoms with Crippen LogP contribution in [0.15, 0.2) is 41.6 Å². The van der Waals surface area contributed by atoms with Crippen LogP contribution in [0.1, 0.15) is 50.5 Å². The van der Waals surface area contributed by atoms with Crippen molar-refractivity contribution in [3.63, 3.8) is 0 Å². The van der Waals surface area contributed by atoms with Crippen LogP contribution in [0.3, 0.4) is 0 Å². The summed E-state index contributed by atoms with van der Waals surface area (Å²) in [6.07, 6.45) is 6.10. The van der Waals surface area contributed by atoms with Crippen molar-refractivity contribution in [1.82, 2.24) is 34.6 Å². The van der Waals surface area contributed by atoms with Gasteiger partial charge in [0.15, 0.2) is 5.65 Å². The van der Waals surface area contributed by atoms with Crippen molar-refractivity contribution in [2.24, 2.45) is 5.92 Å². The molecule has 1 aliphatic rings. The molecule has 1 aliphatic heterocycles. The van der Waals surface area contributed by atoms with Gasteiger partial charge in [-0.2, -0.15) is 5.10 Å². The van der Waals surface area contributed by atoms with Crippen LogP contribution in [0, 0.1) is 5.92 Å². The maximum Gasteiger partial charge on any atom is 0.262 e. The second kappa shape index (κ2) is 7.85. The highest BCUT2D eigenvalue weighted by Gasteiger charge is 2.34. The number of fused-ring (bicyclic) bond motifs is 2. The number of H-pyrrole nitrogens is 1. The zero-order valence-corrected chi connectivity index (χ0v) is 18.1. The van der Waals surface area contributed by atoms with Crippen LogP contribution in [0.5, 0.6) is 0 Å². The Labute approximate surface area is 180 Å². The maximum atomic E-state index is 12.7. The summed E-state index contributed by atoms with van der Waals surface area (Å²) >= 11 is 0. The van der Waals surface area contributed by atoms with E-state index in [2.05, 4.69) is 57.9 Å². The molecule has 1 fully saturated rings. The standard InChI is InChI=1S/C23H27N7O/c1-4-16-12-29(11-15-5-6-19-20(9-15)25-8-7-24-19)13-18(16)21-27-22-17(23(31)28-21)10-26-30(22)14(2)3/h5-10,14,16,18H,4,11-13H2,1-3H3,(H,27,28,31)/t16-,18-/m1/s1. The summed E-state index contributed by atoms with van der Waals surface area (Å²) in [6.45, 7) is 8.99. The molecule has 0 aliphatic carbocycles. The molecule has 31 heavy (non-hydrogen) atoms. The Morgan fingerprint density at radius 1 is 1.16 bits per heavy atom. The first kappa shape index (κ1) is 19.8. The van der Waals surface area contributed by atoms with Gasteiger partial charge in [0.05, 0.1) is 17.2 Å². The molecule has 0 radical (unpaired) electrons. The Kier molecular flexibility index (Phi) is 5.02. The number of benzene rings is 1. The highest BCUT2D eigenvalue weighted by Crippen LogP contribution is 2.34. The Balaban J connectivity index is 1.43. The quantitative estimate of drug-likeness (QED) is 0.536. The molecule has 0 spiro atoms. The predicted molar refractivity (Wildman–Crippen MR) is 120 cm³/mol. The van der Waals surface area contributed by atoms with Gasteiger partial charge in [-0.15, -0.1) is 0 Å². The Hall–Kier alpha value is -3.13. The van der Waals surface area contributed by atoms with E-state index in [4.69, 9.17) is 4.98 Å². The molecule has 8 nitrogen and oxygen atoms in total. The van der Waals surface area contributed by atoms with Crippen molar-refractivity contribution in [2.45, 2.75) is 45.7 Å². The SMILES string of the molecule is CC[C@@H]1CN(Cc2ccc3nccnc3c2)C[C@H]1c1nc2c(cnn2C(C)C)c(=O)[nH]1. The molecule has 1 saturated heterocycles. The summed E-state index contributed by atoms with van der Waals surface area (Å²) in [5.41, 5.74) is 3.62. The van der Waals surface area contributed by atoms with Crippen molar-refractivity contribution in [3.8, 4) is 0 Å². The lowest BCUT2D eigenvalue weighted by Gasteiger charge is -2.16. The van der Waals surface area contributed by atoms with E-state index in [0.29, 0.717) is 17.0 Å². The van der Waals surface area contributed by atoms with Crippen LogP contribution in [0.2, 0.25) is 0 Å². The van der Waals surface area contributed by atoms with Gasteiger partial charge in [-0.3, -0.25) is 19.7 Å². The summed E-state index contributed by atoms with van der Waals surface area (Å²) in [4.78, 5) is 31.9. The van der Waals surface area contributed by atoms with Gasteiger partial charge in [0.2, 0.25) is 0 Å². The number of hydrogen-bond donors (Lipinski definition) is 1. The normalized spacial score (nSPS) is 19.7. The van der Waals surface area contributed by atoms with Crippen molar-refractivity contribution in [1.29, 1.82) is 0 Å². The summed E-state index contributed by atoms with van der Waals surface area (Å²) in [5, 5.41) is 4.92. The molecule has 2 atom stereocenters. The fourth-order valence-electron chi connectivity index (χ4n) is 4.69. The lowest BCUT2D eigenvalue weighted by molar-refractivity contribution is 0.314. The number of aromatic nitrogens is 6. The fourth-order valence-corrected chi connectivity index (χ4v) is 4.69. The minimum atomic E-state index is -0.103. The largest absolute Gasteiger partial charge is 0.310 e. The zero-order valence-electron chi connectivity index (χ0n) is 18.1. The molecule has 3 aromatic heterocycles. The molecule has 4 aromatic rings. The van der Waals surface area contributed by atoms with Gasteiger partial charge >= 0.3 is 0 Å². The third-order valence-corrected chi connectivity index (χ3v) is 6.30. The van der Waals surface area contributed by atoms with Crippen LogP contribution < -0.4 is 5.56 Å². The molecule has 5 rings (SSSR count). The van der Waals surface area contributed by atoms with Crippen LogP contribution in [0.25, 0.3) is 22.1 Å². The first-order chi connectivity index (χ1) is 15.0. The highest BCUT2D eigenvalue weighted by atomic mass is 16.1. The van der Waals surface area contributed by atoms with Gasteiger partial charge in [0.25, 0.3) is 5.56 Å². The monoisotopic (exact) mass is 417 g/mol. The van der Waals surface area contributed by atoms with Gasteiger partial charge in [0.1, 0.15) is 11.2 Å². The van der Waals surface area contributed by atoms with Gasteiger partial charge in [0, 0.05) is 44.0 Å². The van der Waals surface area contributed by atoms with Gasteiger partial charge < -0.3 is 4.98 Å². The molecular formula is C23H27N7O. The molecule has 4 heterocycles. The zero-order chi connectivity index (χ0) is 21.5. The van der Waals surface area contributed by atoms with E-state index in [1.54, 1.807) is 18.6 Å². The third kappa shape index (κ3) is 3.61. The van der Waals surface area contributed by atoms with E-state index in [9.17, 15) is 4.79 Å². The van der Waals surface area contributed by atoms with Crippen molar-refractivity contribution in [2.75, 3.05) is 13.1 Å². The van der Waals surface area contributed by atoms with Gasteiger partial charge in [-0.1, -0.05) is 19.4 Å².